The minimum absolute atomic E-state index is 0.179. The Hall–Kier alpha value is -0.770. The van der Waals surface area contributed by atoms with E-state index in [1.54, 1.807) is 0 Å². The van der Waals surface area contributed by atoms with Gasteiger partial charge in [-0.3, -0.25) is 4.90 Å². The van der Waals surface area contributed by atoms with Crippen molar-refractivity contribution in [2.75, 3.05) is 6.54 Å². The molecule has 0 aliphatic carbocycles. The molecule has 17 heavy (non-hydrogen) atoms. The van der Waals surface area contributed by atoms with Crippen LogP contribution >= 0.6 is 0 Å². The number of piperazine rings is 1. The van der Waals surface area contributed by atoms with Crippen molar-refractivity contribution in [1.29, 1.82) is 0 Å². The predicted octanol–water partition coefficient (Wildman–Crippen LogP) is 2.38. The Bertz CT molecular complexity index is 273. The zero-order chi connectivity index (χ0) is 13.2. The van der Waals surface area contributed by atoms with Crippen LogP contribution in [0.5, 0.6) is 0 Å². The summed E-state index contributed by atoms with van der Waals surface area (Å²) in [4.78, 5) is 14.0. The van der Waals surface area contributed by atoms with Crippen LogP contribution in [0.2, 0.25) is 0 Å². The van der Waals surface area contributed by atoms with E-state index in [1.165, 1.54) is 0 Å². The van der Waals surface area contributed by atoms with E-state index in [-0.39, 0.29) is 18.2 Å². The lowest BCUT2D eigenvalue weighted by molar-refractivity contribution is -0.00479. The molecule has 1 aliphatic rings. The quantitative estimate of drug-likeness (QED) is 0.767. The van der Waals surface area contributed by atoms with Gasteiger partial charge in [0.25, 0.3) is 0 Å². The van der Waals surface area contributed by atoms with Crippen molar-refractivity contribution in [2.24, 2.45) is 0 Å². The number of nitrogens with one attached hydrogen (secondary N) is 1. The van der Waals surface area contributed by atoms with Gasteiger partial charge >= 0.3 is 6.09 Å². The standard InChI is InChI=1S/C13H26N2O2/c1-7-11-10(3)15(9(2)8-14-11)12(16)17-13(4,5)6/h9-11,14H,7-8H2,1-6H3/t9-,10-,11?/m1/s1. The number of nitrogens with zero attached hydrogens (tertiary/aromatic N) is 1. The monoisotopic (exact) mass is 242 g/mol. The molecule has 0 bridgehead atoms. The number of rotatable bonds is 1. The van der Waals surface area contributed by atoms with Gasteiger partial charge < -0.3 is 10.1 Å². The Kier molecular flexibility index (Phi) is 4.42. The lowest BCUT2D eigenvalue weighted by Crippen LogP contribution is -2.62. The van der Waals surface area contributed by atoms with Gasteiger partial charge in [-0.15, -0.1) is 0 Å². The molecule has 0 aromatic rings. The first kappa shape index (κ1) is 14.3. The lowest BCUT2D eigenvalue weighted by Gasteiger charge is -2.44. The van der Waals surface area contributed by atoms with Crippen LogP contribution in [0.1, 0.15) is 48.0 Å². The number of carbonyl (C=O) groups is 1. The Morgan fingerprint density at radius 2 is 2.00 bits per heavy atom. The Balaban J connectivity index is 2.75. The first-order chi connectivity index (χ1) is 7.76. The smallest absolute Gasteiger partial charge is 0.410 e. The van der Waals surface area contributed by atoms with Crippen LogP contribution in [0.15, 0.2) is 0 Å². The van der Waals surface area contributed by atoms with Crippen LogP contribution in [-0.2, 0) is 4.74 Å². The van der Waals surface area contributed by atoms with E-state index >= 15 is 0 Å². The molecule has 0 aromatic carbocycles. The van der Waals surface area contributed by atoms with E-state index in [2.05, 4.69) is 26.1 Å². The van der Waals surface area contributed by atoms with Gasteiger partial charge in [0.15, 0.2) is 0 Å². The Morgan fingerprint density at radius 3 is 2.47 bits per heavy atom. The van der Waals surface area contributed by atoms with Gasteiger partial charge in [-0.1, -0.05) is 6.92 Å². The van der Waals surface area contributed by atoms with Crippen LogP contribution in [0.25, 0.3) is 0 Å². The summed E-state index contributed by atoms with van der Waals surface area (Å²) in [6.07, 6.45) is 0.824. The van der Waals surface area contributed by atoms with Crippen molar-refractivity contribution >= 4 is 6.09 Å². The maximum atomic E-state index is 12.2. The second kappa shape index (κ2) is 5.25. The molecule has 4 heteroatoms. The van der Waals surface area contributed by atoms with Gasteiger partial charge in [-0.05, 0) is 41.0 Å². The number of amides is 1. The molecule has 0 spiro atoms. The van der Waals surface area contributed by atoms with Crippen LogP contribution in [0.3, 0.4) is 0 Å². The summed E-state index contributed by atoms with van der Waals surface area (Å²) in [6.45, 7) is 12.8. The van der Waals surface area contributed by atoms with Crippen molar-refractivity contribution in [2.45, 2.75) is 71.7 Å². The first-order valence-electron chi connectivity index (χ1n) is 6.51. The van der Waals surface area contributed by atoms with Gasteiger partial charge in [-0.2, -0.15) is 0 Å². The number of carbonyl (C=O) groups excluding carboxylic acids is 1. The minimum atomic E-state index is -0.427. The molecule has 1 unspecified atom stereocenters. The number of ether oxygens (including phenoxy) is 1. The summed E-state index contributed by atoms with van der Waals surface area (Å²) >= 11 is 0. The molecular formula is C13H26N2O2. The number of hydrogen-bond donors (Lipinski definition) is 1. The molecule has 100 valence electrons. The Morgan fingerprint density at radius 1 is 1.41 bits per heavy atom. The van der Waals surface area contributed by atoms with Crippen molar-refractivity contribution in [3.8, 4) is 0 Å². The van der Waals surface area contributed by atoms with E-state index in [9.17, 15) is 4.79 Å². The van der Waals surface area contributed by atoms with Gasteiger partial charge in [0.05, 0.1) is 0 Å². The molecule has 3 atom stereocenters. The van der Waals surface area contributed by atoms with Crippen LogP contribution in [-0.4, -0.2) is 41.3 Å². The molecule has 1 N–H and O–H groups in total. The first-order valence-corrected chi connectivity index (χ1v) is 6.51. The van der Waals surface area contributed by atoms with E-state index in [1.807, 2.05) is 25.7 Å². The topological polar surface area (TPSA) is 41.6 Å². The highest BCUT2D eigenvalue weighted by atomic mass is 16.6. The second-order valence-corrected chi connectivity index (χ2v) is 5.90. The summed E-state index contributed by atoms with van der Waals surface area (Å²) < 4.78 is 5.47. The van der Waals surface area contributed by atoms with Crippen LogP contribution < -0.4 is 5.32 Å². The third kappa shape index (κ3) is 3.60. The molecule has 0 saturated carbocycles. The fraction of sp³-hybridized carbons (Fsp3) is 0.923. The van der Waals surface area contributed by atoms with E-state index in [0.717, 1.165) is 13.0 Å². The third-order valence-corrected chi connectivity index (χ3v) is 3.22. The molecule has 1 saturated heterocycles. The second-order valence-electron chi connectivity index (χ2n) is 5.90. The van der Waals surface area contributed by atoms with Gasteiger partial charge in [-0.25, -0.2) is 4.79 Å². The molecule has 1 aliphatic heterocycles. The fourth-order valence-electron chi connectivity index (χ4n) is 2.33. The van der Waals surface area contributed by atoms with E-state index in [4.69, 9.17) is 4.74 Å². The SMILES string of the molecule is CCC1NC[C@@H](C)N(C(=O)OC(C)(C)C)[C@@H]1C. The highest BCUT2D eigenvalue weighted by molar-refractivity contribution is 5.69. The van der Waals surface area contributed by atoms with E-state index in [0.29, 0.717) is 6.04 Å². The highest BCUT2D eigenvalue weighted by Gasteiger charge is 2.36. The summed E-state index contributed by atoms with van der Waals surface area (Å²) in [5, 5.41) is 3.47. The van der Waals surface area contributed by atoms with Gasteiger partial charge in [0, 0.05) is 24.7 Å². The molecule has 0 aromatic heterocycles. The van der Waals surface area contributed by atoms with Gasteiger partial charge in [0.2, 0.25) is 0 Å². The Labute approximate surface area is 105 Å². The average Bonchev–Trinajstić information content (AvgIpc) is 2.15. The molecule has 1 fully saturated rings. The largest absolute Gasteiger partial charge is 0.444 e. The third-order valence-electron chi connectivity index (χ3n) is 3.22. The number of hydrogen-bond acceptors (Lipinski definition) is 3. The maximum Gasteiger partial charge on any atom is 0.410 e. The van der Waals surface area contributed by atoms with Crippen molar-refractivity contribution in [3.05, 3.63) is 0 Å². The normalized spacial score (nSPS) is 30.2. The van der Waals surface area contributed by atoms with Crippen molar-refractivity contribution in [1.82, 2.24) is 10.2 Å². The minimum Gasteiger partial charge on any atom is -0.444 e. The molecule has 4 nitrogen and oxygen atoms in total. The molecule has 1 amide bonds. The summed E-state index contributed by atoms with van der Waals surface area (Å²) in [5.41, 5.74) is -0.427. The summed E-state index contributed by atoms with van der Waals surface area (Å²) in [7, 11) is 0. The average molecular weight is 242 g/mol. The molecule has 0 radical (unpaired) electrons. The van der Waals surface area contributed by atoms with Crippen molar-refractivity contribution in [3.63, 3.8) is 0 Å². The predicted molar refractivity (Wildman–Crippen MR) is 69.1 cm³/mol. The maximum absolute atomic E-state index is 12.2. The van der Waals surface area contributed by atoms with E-state index < -0.39 is 5.60 Å². The molecule has 1 heterocycles. The lowest BCUT2D eigenvalue weighted by atomic mass is 10.0. The summed E-state index contributed by atoms with van der Waals surface area (Å²) in [6, 6.07) is 0.722. The van der Waals surface area contributed by atoms with Gasteiger partial charge in [0.1, 0.15) is 5.60 Å². The molecule has 1 rings (SSSR count). The molecular weight excluding hydrogens is 216 g/mol. The highest BCUT2D eigenvalue weighted by Crippen LogP contribution is 2.20. The fourth-order valence-corrected chi connectivity index (χ4v) is 2.33. The zero-order valence-corrected chi connectivity index (χ0v) is 11.9. The zero-order valence-electron chi connectivity index (χ0n) is 11.9. The van der Waals surface area contributed by atoms with Crippen LogP contribution in [0, 0.1) is 0 Å². The summed E-state index contributed by atoms with van der Waals surface area (Å²) in [5.74, 6) is 0. The van der Waals surface area contributed by atoms with Crippen LogP contribution in [0.4, 0.5) is 4.79 Å². The van der Waals surface area contributed by atoms with Crippen molar-refractivity contribution < 1.29 is 9.53 Å².